The van der Waals surface area contributed by atoms with Crippen LogP contribution in [0.4, 0.5) is 0 Å². The fourth-order valence-electron chi connectivity index (χ4n) is 3.24. The molecule has 7 heteroatoms. The predicted octanol–water partition coefficient (Wildman–Crippen LogP) is 3.00. The number of nitrogens with one attached hydrogen (secondary N) is 1. The first-order chi connectivity index (χ1) is 12.6. The van der Waals surface area contributed by atoms with Crippen molar-refractivity contribution in [1.82, 2.24) is 9.55 Å². The molecular formula is C19H16ClN3O3. The first-order valence-corrected chi connectivity index (χ1v) is 8.47. The predicted molar refractivity (Wildman–Crippen MR) is 95.7 cm³/mol. The summed E-state index contributed by atoms with van der Waals surface area (Å²) < 4.78 is 7.43. The van der Waals surface area contributed by atoms with Crippen LogP contribution in [0, 0.1) is 5.41 Å². The summed E-state index contributed by atoms with van der Waals surface area (Å²) in [7, 11) is 0. The third kappa shape index (κ3) is 2.73. The summed E-state index contributed by atoms with van der Waals surface area (Å²) in [5.41, 5.74) is 2.60. The molecule has 0 spiro atoms. The Morgan fingerprint density at radius 3 is 2.69 bits per heavy atom. The van der Waals surface area contributed by atoms with Crippen LogP contribution in [0.1, 0.15) is 22.6 Å². The van der Waals surface area contributed by atoms with Gasteiger partial charge in [-0.2, -0.15) is 0 Å². The maximum Gasteiger partial charge on any atom is 0.228 e. The highest BCUT2D eigenvalue weighted by atomic mass is 35.5. The van der Waals surface area contributed by atoms with Gasteiger partial charge in [-0.3, -0.25) is 5.41 Å². The average molecular weight is 370 g/mol. The van der Waals surface area contributed by atoms with Crippen molar-refractivity contribution in [2.75, 3.05) is 6.61 Å². The molecule has 0 saturated heterocycles. The Bertz CT molecular complexity index is 1030. The minimum atomic E-state index is -0.294. The van der Waals surface area contributed by atoms with Crippen LogP contribution in [-0.4, -0.2) is 26.4 Å². The fourth-order valence-corrected chi connectivity index (χ4v) is 3.36. The molecular weight excluding hydrogens is 354 g/mol. The van der Waals surface area contributed by atoms with Crippen molar-refractivity contribution in [3.05, 3.63) is 76.0 Å². The second kappa shape index (κ2) is 6.48. The molecule has 1 aromatic heterocycles. The van der Waals surface area contributed by atoms with Gasteiger partial charge in [0, 0.05) is 29.1 Å². The van der Waals surface area contributed by atoms with E-state index in [9.17, 15) is 10.2 Å². The maximum absolute atomic E-state index is 9.81. The standard InChI is InChI=1S/C19H16ClN3O3/c20-12-3-1-11(2-4-12)16-14-6-5-13(25)9-15(14)26-19-17(16)18(21)23(7-8-24)10-22-19/h1-6,9-10,16,21,24-25H,7-8H2/t16-/m1/s1. The van der Waals surface area contributed by atoms with E-state index in [1.807, 2.05) is 12.1 Å². The zero-order valence-corrected chi connectivity index (χ0v) is 14.4. The Balaban J connectivity index is 1.98. The third-order valence-corrected chi connectivity index (χ3v) is 4.69. The van der Waals surface area contributed by atoms with Gasteiger partial charge in [-0.15, -0.1) is 0 Å². The van der Waals surface area contributed by atoms with Crippen molar-refractivity contribution in [1.29, 1.82) is 5.41 Å². The van der Waals surface area contributed by atoms with Gasteiger partial charge >= 0.3 is 0 Å². The number of aliphatic hydroxyl groups is 1. The van der Waals surface area contributed by atoms with Crippen LogP contribution < -0.4 is 10.2 Å². The molecule has 0 unspecified atom stereocenters. The zero-order valence-electron chi connectivity index (χ0n) is 13.7. The van der Waals surface area contributed by atoms with Crippen LogP contribution in [0.5, 0.6) is 17.4 Å². The number of fused-ring (bicyclic) bond motifs is 2. The quantitative estimate of drug-likeness (QED) is 0.517. The molecule has 2 heterocycles. The fraction of sp³-hybridized carbons (Fsp3) is 0.158. The molecule has 1 aliphatic heterocycles. The summed E-state index contributed by atoms with van der Waals surface area (Å²) in [4.78, 5) is 4.32. The Labute approximate surface area is 154 Å². The second-order valence-electron chi connectivity index (χ2n) is 6.04. The van der Waals surface area contributed by atoms with Gasteiger partial charge in [0.2, 0.25) is 5.88 Å². The lowest BCUT2D eigenvalue weighted by atomic mass is 9.84. The normalized spacial score (nSPS) is 15.1. The second-order valence-corrected chi connectivity index (χ2v) is 6.47. The Morgan fingerprint density at radius 2 is 1.96 bits per heavy atom. The maximum atomic E-state index is 9.81. The number of phenols is 1. The molecule has 0 bridgehead atoms. The molecule has 0 saturated carbocycles. The smallest absolute Gasteiger partial charge is 0.228 e. The summed E-state index contributed by atoms with van der Waals surface area (Å²) in [5, 5.41) is 28.3. The number of halogens is 1. The number of ether oxygens (including phenoxy) is 1. The molecule has 1 aliphatic rings. The summed E-state index contributed by atoms with van der Waals surface area (Å²) in [6.45, 7) is 0.183. The summed E-state index contributed by atoms with van der Waals surface area (Å²) in [5.74, 6) is 0.628. The number of aliphatic hydroxyl groups excluding tert-OH is 1. The lowest BCUT2D eigenvalue weighted by molar-refractivity contribution is 0.271. The highest BCUT2D eigenvalue weighted by Crippen LogP contribution is 2.45. The number of aromatic hydroxyl groups is 1. The first kappa shape index (κ1) is 16.6. The zero-order chi connectivity index (χ0) is 18.3. The number of benzene rings is 2. The number of rotatable bonds is 3. The van der Waals surface area contributed by atoms with E-state index in [0.717, 1.165) is 11.1 Å². The van der Waals surface area contributed by atoms with Gasteiger partial charge < -0.3 is 19.5 Å². The molecule has 6 nitrogen and oxygen atoms in total. The Kier molecular flexibility index (Phi) is 4.14. The van der Waals surface area contributed by atoms with Gasteiger partial charge in [-0.1, -0.05) is 29.8 Å². The molecule has 0 fully saturated rings. The minimum absolute atomic E-state index is 0.0893. The lowest BCUT2D eigenvalue weighted by Crippen LogP contribution is -2.30. The molecule has 0 amide bonds. The van der Waals surface area contributed by atoms with Crippen LogP contribution >= 0.6 is 11.6 Å². The molecule has 132 valence electrons. The van der Waals surface area contributed by atoms with Crippen LogP contribution in [-0.2, 0) is 6.54 Å². The minimum Gasteiger partial charge on any atom is -0.508 e. The molecule has 1 atom stereocenters. The number of nitrogens with zero attached hydrogens (tertiary/aromatic N) is 2. The number of phenolic OH excluding ortho intramolecular Hbond substituents is 1. The topological polar surface area (TPSA) is 91.4 Å². The molecule has 0 aliphatic carbocycles. The van der Waals surface area contributed by atoms with Crippen molar-refractivity contribution in [2.45, 2.75) is 12.5 Å². The van der Waals surface area contributed by atoms with E-state index in [1.54, 1.807) is 34.9 Å². The van der Waals surface area contributed by atoms with Gasteiger partial charge in [-0.05, 0) is 23.8 Å². The SMILES string of the molecule is N=c1c2c(ncn1CCO)Oc1cc(O)ccc1[C@H]2c1ccc(Cl)cc1. The lowest BCUT2D eigenvalue weighted by Gasteiger charge is -2.28. The Hall–Kier alpha value is -2.83. The summed E-state index contributed by atoms with van der Waals surface area (Å²) in [6.07, 6.45) is 1.48. The van der Waals surface area contributed by atoms with E-state index in [1.165, 1.54) is 6.33 Å². The first-order valence-electron chi connectivity index (χ1n) is 8.09. The van der Waals surface area contributed by atoms with Gasteiger partial charge in [0.05, 0.1) is 12.2 Å². The van der Waals surface area contributed by atoms with Crippen LogP contribution in [0.2, 0.25) is 5.02 Å². The summed E-state index contributed by atoms with van der Waals surface area (Å²) in [6, 6.07) is 12.3. The molecule has 26 heavy (non-hydrogen) atoms. The van der Waals surface area contributed by atoms with Crippen molar-refractivity contribution in [3.63, 3.8) is 0 Å². The molecule has 0 radical (unpaired) electrons. The van der Waals surface area contributed by atoms with Gasteiger partial charge in [0.1, 0.15) is 23.3 Å². The van der Waals surface area contributed by atoms with Crippen molar-refractivity contribution in [2.24, 2.45) is 0 Å². The van der Waals surface area contributed by atoms with E-state index >= 15 is 0 Å². The third-order valence-electron chi connectivity index (χ3n) is 4.43. The van der Waals surface area contributed by atoms with Gasteiger partial charge in [-0.25, -0.2) is 4.98 Å². The van der Waals surface area contributed by atoms with Crippen LogP contribution in [0.25, 0.3) is 0 Å². The van der Waals surface area contributed by atoms with E-state index in [-0.39, 0.29) is 30.3 Å². The highest BCUT2D eigenvalue weighted by molar-refractivity contribution is 6.30. The molecule has 3 aromatic rings. The highest BCUT2D eigenvalue weighted by Gasteiger charge is 2.32. The Morgan fingerprint density at radius 1 is 1.19 bits per heavy atom. The van der Waals surface area contributed by atoms with E-state index in [0.29, 0.717) is 22.2 Å². The van der Waals surface area contributed by atoms with E-state index < -0.39 is 0 Å². The monoisotopic (exact) mass is 369 g/mol. The van der Waals surface area contributed by atoms with E-state index in [2.05, 4.69) is 4.98 Å². The van der Waals surface area contributed by atoms with Gasteiger partial charge in [0.15, 0.2) is 0 Å². The molecule has 2 aromatic carbocycles. The van der Waals surface area contributed by atoms with Gasteiger partial charge in [0.25, 0.3) is 0 Å². The van der Waals surface area contributed by atoms with Crippen LogP contribution in [0.15, 0.2) is 48.8 Å². The van der Waals surface area contributed by atoms with Crippen molar-refractivity contribution in [3.8, 4) is 17.4 Å². The number of aromatic nitrogens is 2. The molecule has 3 N–H and O–H groups in total. The summed E-state index contributed by atoms with van der Waals surface area (Å²) >= 11 is 6.03. The number of hydrogen-bond donors (Lipinski definition) is 3. The van der Waals surface area contributed by atoms with E-state index in [4.69, 9.17) is 21.7 Å². The largest absolute Gasteiger partial charge is 0.508 e. The average Bonchev–Trinajstić information content (AvgIpc) is 2.63. The van der Waals surface area contributed by atoms with Crippen molar-refractivity contribution < 1.29 is 14.9 Å². The number of hydrogen-bond acceptors (Lipinski definition) is 5. The molecule has 4 rings (SSSR count). The van der Waals surface area contributed by atoms with Crippen molar-refractivity contribution >= 4 is 11.6 Å². The van der Waals surface area contributed by atoms with Crippen LogP contribution in [0.3, 0.4) is 0 Å².